The number of nitrogens with zero attached hydrogens (tertiary/aromatic N) is 2. The molecule has 0 fully saturated rings. The number of nitrogens with one attached hydrogen (secondary N) is 1. The smallest absolute Gasteiger partial charge is 0.335 e. The minimum Gasteiger partial charge on any atom is -0.478 e. The van der Waals surface area contributed by atoms with Crippen molar-refractivity contribution in [3.05, 3.63) is 95.1 Å². The molecule has 3 aromatic carbocycles. The average molecular weight is 480 g/mol. The molecule has 0 atom stereocenters. The number of carbonyl (C=O) groups is 2. The third kappa shape index (κ3) is 5.87. The average Bonchev–Trinajstić information content (AvgIpc) is 2.83. The van der Waals surface area contributed by atoms with E-state index >= 15 is 0 Å². The molecule has 0 aliphatic carbocycles. The molecule has 3 aromatic rings. The molecular weight excluding hydrogens is 454 g/mol. The zero-order chi connectivity index (χ0) is 24.7. The highest BCUT2D eigenvalue weighted by molar-refractivity contribution is 7.92. The minimum atomic E-state index is -4.02. The lowest BCUT2D eigenvalue weighted by Crippen LogP contribution is -2.40. The lowest BCUT2D eigenvalue weighted by Gasteiger charge is -2.25. The first-order valence-corrected chi connectivity index (χ1v) is 12.0. The van der Waals surface area contributed by atoms with Gasteiger partial charge in [0.25, 0.3) is 15.9 Å². The molecule has 0 aliphatic rings. The van der Waals surface area contributed by atoms with E-state index in [0.29, 0.717) is 17.7 Å². The Morgan fingerprint density at radius 3 is 2.26 bits per heavy atom. The van der Waals surface area contributed by atoms with Gasteiger partial charge in [-0.2, -0.15) is 5.10 Å². The van der Waals surface area contributed by atoms with Crippen LogP contribution in [0.3, 0.4) is 0 Å². The lowest BCUT2D eigenvalue weighted by molar-refractivity contribution is -0.119. The number of para-hydroxylation sites is 1. The van der Waals surface area contributed by atoms with Crippen LogP contribution in [-0.4, -0.2) is 38.2 Å². The van der Waals surface area contributed by atoms with Crippen LogP contribution in [0.15, 0.2) is 82.8 Å². The van der Waals surface area contributed by atoms with Crippen molar-refractivity contribution in [3.8, 4) is 0 Å². The molecule has 176 valence electrons. The van der Waals surface area contributed by atoms with E-state index in [2.05, 4.69) is 10.5 Å². The molecule has 0 heterocycles. The number of sulfonamides is 1. The van der Waals surface area contributed by atoms with Gasteiger partial charge in [-0.3, -0.25) is 9.10 Å². The molecule has 0 bridgehead atoms. The number of carbonyl (C=O) groups excluding carboxylic acids is 1. The maximum atomic E-state index is 13.5. The minimum absolute atomic E-state index is 0.0822. The van der Waals surface area contributed by atoms with Gasteiger partial charge in [0.15, 0.2) is 0 Å². The van der Waals surface area contributed by atoms with Crippen molar-refractivity contribution in [2.75, 3.05) is 10.8 Å². The van der Waals surface area contributed by atoms with E-state index in [0.717, 1.165) is 15.4 Å². The molecule has 0 radical (unpaired) electrons. The Labute approximate surface area is 198 Å². The SMILES string of the molecule is CCc1ccccc1N(CC(=O)N/N=C\c1ccc(C(=O)O)cc1)S(=O)(=O)c1ccc(C)cc1. The molecule has 0 aliphatic heterocycles. The first kappa shape index (κ1) is 24.7. The Kier molecular flexibility index (Phi) is 7.80. The van der Waals surface area contributed by atoms with Crippen molar-refractivity contribution in [2.45, 2.75) is 25.2 Å². The Morgan fingerprint density at radius 1 is 1.00 bits per heavy atom. The van der Waals surface area contributed by atoms with Gasteiger partial charge in [0.1, 0.15) is 6.54 Å². The highest BCUT2D eigenvalue weighted by Gasteiger charge is 2.28. The molecule has 0 saturated carbocycles. The van der Waals surface area contributed by atoms with Crippen molar-refractivity contribution >= 4 is 33.8 Å². The largest absolute Gasteiger partial charge is 0.478 e. The Balaban J connectivity index is 1.84. The van der Waals surface area contributed by atoms with E-state index in [-0.39, 0.29) is 10.5 Å². The number of rotatable bonds is 9. The van der Waals surface area contributed by atoms with Gasteiger partial charge in [-0.15, -0.1) is 0 Å². The monoisotopic (exact) mass is 479 g/mol. The van der Waals surface area contributed by atoms with E-state index in [1.807, 2.05) is 26.0 Å². The normalized spacial score (nSPS) is 11.4. The molecule has 9 heteroatoms. The second-order valence-electron chi connectivity index (χ2n) is 7.53. The zero-order valence-corrected chi connectivity index (χ0v) is 19.6. The number of carboxylic acid groups (broad SMARTS) is 1. The molecule has 0 unspecified atom stereocenters. The fourth-order valence-corrected chi connectivity index (χ4v) is 4.71. The van der Waals surface area contributed by atoms with Crippen molar-refractivity contribution in [1.29, 1.82) is 0 Å². The predicted octanol–water partition coefficient (Wildman–Crippen LogP) is 3.60. The number of aryl methyl sites for hydroxylation is 2. The van der Waals surface area contributed by atoms with E-state index in [9.17, 15) is 18.0 Å². The van der Waals surface area contributed by atoms with Gasteiger partial charge in [0.2, 0.25) is 0 Å². The van der Waals surface area contributed by atoms with Crippen LogP contribution >= 0.6 is 0 Å². The van der Waals surface area contributed by atoms with E-state index < -0.39 is 28.4 Å². The molecular formula is C25H25N3O5S. The van der Waals surface area contributed by atoms with Gasteiger partial charge in [0, 0.05) is 0 Å². The van der Waals surface area contributed by atoms with Crippen molar-refractivity contribution in [1.82, 2.24) is 5.43 Å². The van der Waals surface area contributed by atoms with Crippen LogP contribution in [0.5, 0.6) is 0 Å². The first-order valence-electron chi connectivity index (χ1n) is 10.5. The lowest BCUT2D eigenvalue weighted by atomic mass is 10.1. The second kappa shape index (κ2) is 10.8. The van der Waals surface area contributed by atoms with Crippen molar-refractivity contribution in [2.24, 2.45) is 5.10 Å². The van der Waals surface area contributed by atoms with Gasteiger partial charge in [-0.05, 0) is 54.8 Å². The quantitative estimate of drug-likeness (QED) is 0.359. The third-order valence-electron chi connectivity index (χ3n) is 5.10. The maximum Gasteiger partial charge on any atom is 0.335 e. The zero-order valence-electron chi connectivity index (χ0n) is 18.8. The summed E-state index contributed by atoms with van der Waals surface area (Å²) in [6.45, 7) is 3.30. The Hall–Kier alpha value is -3.98. The number of amides is 1. The van der Waals surface area contributed by atoms with Gasteiger partial charge in [-0.25, -0.2) is 18.6 Å². The molecule has 0 saturated heterocycles. The Bertz CT molecular complexity index is 1300. The van der Waals surface area contributed by atoms with Gasteiger partial charge < -0.3 is 5.11 Å². The fraction of sp³-hybridized carbons (Fsp3) is 0.160. The summed E-state index contributed by atoms with van der Waals surface area (Å²) in [6.07, 6.45) is 1.94. The summed E-state index contributed by atoms with van der Waals surface area (Å²) in [4.78, 5) is 23.7. The number of carboxylic acids is 1. The van der Waals surface area contributed by atoms with Gasteiger partial charge >= 0.3 is 5.97 Å². The highest BCUT2D eigenvalue weighted by atomic mass is 32.2. The number of aromatic carboxylic acids is 1. The van der Waals surface area contributed by atoms with Crippen LogP contribution in [0.4, 0.5) is 5.69 Å². The van der Waals surface area contributed by atoms with Crippen LogP contribution in [0.1, 0.15) is 34.0 Å². The summed E-state index contributed by atoms with van der Waals surface area (Å²) in [5, 5.41) is 12.8. The van der Waals surface area contributed by atoms with Crippen LogP contribution in [-0.2, 0) is 21.2 Å². The molecule has 1 amide bonds. The molecule has 8 nitrogen and oxygen atoms in total. The van der Waals surface area contributed by atoms with E-state index in [4.69, 9.17) is 5.11 Å². The molecule has 0 aromatic heterocycles. The van der Waals surface area contributed by atoms with Crippen molar-refractivity contribution in [3.63, 3.8) is 0 Å². The van der Waals surface area contributed by atoms with Gasteiger partial charge in [-0.1, -0.05) is 55.0 Å². The van der Waals surface area contributed by atoms with Crippen LogP contribution in [0, 0.1) is 6.92 Å². The summed E-state index contributed by atoms with van der Waals surface area (Å²) in [6, 6.07) is 19.4. The number of benzene rings is 3. The Morgan fingerprint density at radius 2 is 1.65 bits per heavy atom. The van der Waals surface area contributed by atoms with E-state index in [1.54, 1.807) is 36.4 Å². The van der Waals surface area contributed by atoms with Crippen LogP contribution in [0.25, 0.3) is 0 Å². The first-order chi connectivity index (χ1) is 16.2. The highest BCUT2D eigenvalue weighted by Crippen LogP contribution is 2.27. The summed E-state index contributed by atoms with van der Waals surface area (Å²) in [5.41, 5.74) is 5.18. The van der Waals surface area contributed by atoms with Gasteiger partial charge in [0.05, 0.1) is 22.4 Å². The molecule has 0 spiro atoms. The fourth-order valence-electron chi connectivity index (χ4n) is 3.25. The van der Waals surface area contributed by atoms with Crippen LogP contribution < -0.4 is 9.73 Å². The summed E-state index contributed by atoms with van der Waals surface area (Å²) < 4.78 is 28.1. The number of hydrogen-bond donors (Lipinski definition) is 2. The molecule has 3 rings (SSSR count). The molecule has 34 heavy (non-hydrogen) atoms. The summed E-state index contributed by atoms with van der Waals surface area (Å²) in [7, 11) is -4.02. The number of anilines is 1. The number of hydrazone groups is 1. The van der Waals surface area contributed by atoms with E-state index in [1.165, 1.54) is 30.5 Å². The standard InChI is InChI=1S/C25H25N3O5S/c1-3-20-6-4-5-7-23(20)28(34(32,33)22-14-8-18(2)9-15-22)17-24(29)27-26-16-19-10-12-21(13-11-19)25(30)31/h4-16H,3,17H2,1-2H3,(H,27,29)(H,30,31)/b26-16-. The second-order valence-corrected chi connectivity index (χ2v) is 9.39. The molecule has 2 N–H and O–H groups in total. The van der Waals surface area contributed by atoms with Crippen LogP contribution in [0.2, 0.25) is 0 Å². The predicted molar refractivity (Wildman–Crippen MR) is 131 cm³/mol. The summed E-state index contributed by atoms with van der Waals surface area (Å²) in [5.74, 6) is -1.67. The maximum absolute atomic E-state index is 13.5. The topological polar surface area (TPSA) is 116 Å². The number of hydrogen-bond acceptors (Lipinski definition) is 5. The van der Waals surface area contributed by atoms with Crippen molar-refractivity contribution < 1.29 is 23.1 Å². The summed E-state index contributed by atoms with van der Waals surface area (Å²) >= 11 is 0. The third-order valence-corrected chi connectivity index (χ3v) is 6.87.